The quantitative estimate of drug-likeness (QED) is 0.332. The fourth-order valence-electron chi connectivity index (χ4n) is 7.37. The number of carboxylic acid groups (broad SMARTS) is 1. The van der Waals surface area contributed by atoms with Crippen LogP contribution in [0.4, 0.5) is 18.9 Å². The van der Waals surface area contributed by atoms with Crippen LogP contribution in [0.25, 0.3) is 33.4 Å². The number of alkyl halides is 3. The molecule has 250 valence electrons. The lowest BCUT2D eigenvalue weighted by Crippen LogP contribution is -2.72. The molecular weight excluding hydrogens is 629 g/mol. The van der Waals surface area contributed by atoms with Gasteiger partial charge in [-0.15, -0.1) is 0 Å². The van der Waals surface area contributed by atoms with Gasteiger partial charge in [-0.05, 0) is 18.4 Å². The molecule has 48 heavy (non-hydrogen) atoms. The Morgan fingerprint density at radius 2 is 1.73 bits per heavy atom. The van der Waals surface area contributed by atoms with E-state index in [1.165, 1.54) is 0 Å². The number of halogens is 3. The number of nitrogens with one attached hydrogen (secondary N) is 1. The Kier molecular flexibility index (Phi) is 8.03. The first kappa shape index (κ1) is 32.7. The number of aromatic amines is 1. The number of rotatable bonds is 4. The molecule has 2 amide bonds. The number of aromatic nitrogens is 4. The zero-order chi connectivity index (χ0) is 34.6. The molecule has 2 saturated heterocycles. The van der Waals surface area contributed by atoms with Gasteiger partial charge in [0.1, 0.15) is 5.65 Å². The molecule has 0 aliphatic carbocycles. The molecule has 4 aromatic rings. The minimum atomic E-state index is -5.08. The lowest BCUT2D eigenvalue weighted by molar-refractivity contribution is -0.192. The van der Waals surface area contributed by atoms with Crippen LogP contribution in [0.15, 0.2) is 48.9 Å². The van der Waals surface area contributed by atoms with Crippen LogP contribution in [0.5, 0.6) is 0 Å². The number of likely N-dealkylation sites (N-methyl/N-ethyl adjacent to an activating group) is 1. The van der Waals surface area contributed by atoms with Gasteiger partial charge in [0.05, 0.1) is 47.2 Å². The first-order valence-corrected chi connectivity index (χ1v) is 15.3. The number of pyridine rings is 1. The highest BCUT2D eigenvalue weighted by molar-refractivity contribution is 6.16. The van der Waals surface area contributed by atoms with Crippen LogP contribution in [0.3, 0.4) is 0 Å². The molecule has 7 rings (SSSR count). The summed E-state index contributed by atoms with van der Waals surface area (Å²) in [5.41, 5.74) is 5.56. The molecule has 3 aliphatic rings. The van der Waals surface area contributed by atoms with Crippen molar-refractivity contribution in [1.82, 2.24) is 29.5 Å². The first-order chi connectivity index (χ1) is 22.7. The van der Waals surface area contributed by atoms with Gasteiger partial charge in [0, 0.05) is 75.5 Å². The van der Waals surface area contributed by atoms with E-state index in [2.05, 4.69) is 33.2 Å². The van der Waals surface area contributed by atoms with Crippen molar-refractivity contribution in [3.05, 3.63) is 54.5 Å². The SMILES string of the molecule is CC(=O)N1CC(CC#N)(N2CCC3(CC2)C(=O)N(C)c2cnc4[nH]c(-c5cnn(C)c5)c(-c5ccccc5)c4c23)C1.O=C(O)C(F)(F)F. The van der Waals surface area contributed by atoms with E-state index in [-0.39, 0.29) is 17.4 Å². The normalized spacial score (nSPS) is 18.2. The van der Waals surface area contributed by atoms with Gasteiger partial charge in [-0.25, -0.2) is 9.78 Å². The number of nitriles is 1. The predicted molar refractivity (Wildman–Crippen MR) is 169 cm³/mol. The first-order valence-electron chi connectivity index (χ1n) is 15.3. The number of hydrogen-bond acceptors (Lipinski definition) is 7. The van der Waals surface area contributed by atoms with Gasteiger partial charge in [-0.3, -0.25) is 19.2 Å². The summed E-state index contributed by atoms with van der Waals surface area (Å²) in [5.74, 6) is -2.63. The Balaban J connectivity index is 0.000000519. The third kappa shape index (κ3) is 5.26. The molecule has 6 heterocycles. The van der Waals surface area contributed by atoms with Crippen LogP contribution in [0, 0.1) is 11.3 Å². The number of carbonyl (C=O) groups is 3. The molecular formula is C33H33F3N8O4. The Morgan fingerprint density at radius 3 is 2.27 bits per heavy atom. The summed E-state index contributed by atoms with van der Waals surface area (Å²) in [6.45, 7) is 4.05. The van der Waals surface area contributed by atoms with Crippen LogP contribution >= 0.6 is 0 Å². The van der Waals surface area contributed by atoms with Crippen LogP contribution in [0.2, 0.25) is 0 Å². The van der Waals surface area contributed by atoms with Gasteiger partial charge in [0.25, 0.3) is 0 Å². The fraction of sp³-hybridized carbons (Fsp3) is 0.394. The smallest absolute Gasteiger partial charge is 0.475 e. The van der Waals surface area contributed by atoms with Crippen LogP contribution in [-0.4, -0.2) is 97.4 Å². The van der Waals surface area contributed by atoms with E-state index in [1.54, 1.807) is 21.4 Å². The summed E-state index contributed by atoms with van der Waals surface area (Å²) in [4.78, 5) is 49.3. The minimum Gasteiger partial charge on any atom is -0.475 e. The number of piperidine rings is 1. The highest BCUT2D eigenvalue weighted by atomic mass is 19.4. The maximum atomic E-state index is 14.2. The summed E-state index contributed by atoms with van der Waals surface area (Å²) in [6.07, 6.45) is 2.21. The van der Waals surface area contributed by atoms with Crippen molar-refractivity contribution in [1.29, 1.82) is 5.26 Å². The van der Waals surface area contributed by atoms with E-state index in [0.717, 1.165) is 44.7 Å². The molecule has 0 bridgehead atoms. The number of benzene rings is 1. The maximum absolute atomic E-state index is 14.2. The minimum absolute atomic E-state index is 0.0359. The van der Waals surface area contributed by atoms with Crippen molar-refractivity contribution in [2.75, 3.05) is 38.1 Å². The number of likely N-dealkylation sites (tertiary alicyclic amines) is 2. The number of aliphatic carboxylic acids is 1. The molecule has 0 atom stereocenters. The third-order valence-electron chi connectivity index (χ3n) is 9.77. The average Bonchev–Trinajstić information content (AvgIpc) is 3.69. The summed E-state index contributed by atoms with van der Waals surface area (Å²) in [6, 6.07) is 12.6. The third-order valence-corrected chi connectivity index (χ3v) is 9.77. The number of anilines is 1. The molecule has 0 radical (unpaired) electrons. The molecule has 1 aromatic carbocycles. The Labute approximate surface area is 273 Å². The number of carboxylic acids is 1. The number of carbonyl (C=O) groups excluding carboxylic acids is 2. The van der Waals surface area contributed by atoms with E-state index < -0.39 is 17.6 Å². The number of H-pyrrole nitrogens is 1. The Hall–Kier alpha value is -5.23. The van der Waals surface area contributed by atoms with Crippen molar-refractivity contribution in [3.63, 3.8) is 0 Å². The number of aryl methyl sites for hydroxylation is 1. The molecule has 15 heteroatoms. The molecule has 2 fully saturated rings. The van der Waals surface area contributed by atoms with Crippen molar-refractivity contribution in [2.45, 2.75) is 43.3 Å². The summed E-state index contributed by atoms with van der Waals surface area (Å²) in [7, 11) is 3.75. The summed E-state index contributed by atoms with van der Waals surface area (Å²) >= 11 is 0. The number of amides is 2. The fourth-order valence-corrected chi connectivity index (χ4v) is 7.37. The van der Waals surface area contributed by atoms with Crippen LogP contribution < -0.4 is 4.90 Å². The van der Waals surface area contributed by atoms with E-state index in [4.69, 9.17) is 14.9 Å². The van der Waals surface area contributed by atoms with Crippen molar-refractivity contribution in [3.8, 4) is 28.5 Å². The molecule has 0 unspecified atom stereocenters. The van der Waals surface area contributed by atoms with Gasteiger partial charge in [-0.2, -0.15) is 23.5 Å². The largest absolute Gasteiger partial charge is 0.490 e. The van der Waals surface area contributed by atoms with Crippen LogP contribution in [-0.2, 0) is 26.8 Å². The van der Waals surface area contributed by atoms with Crippen molar-refractivity contribution >= 4 is 34.5 Å². The van der Waals surface area contributed by atoms with Gasteiger partial charge < -0.3 is 19.9 Å². The Bertz CT molecular complexity index is 1950. The van der Waals surface area contributed by atoms with Crippen LogP contribution in [0.1, 0.15) is 31.7 Å². The maximum Gasteiger partial charge on any atom is 0.490 e. The lowest BCUT2D eigenvalue weighted by Gasteiger charge is -2.57. The van der Waals surface area contributed by atoms with Gasteiger partial charge in [0.2, 0.25) is 11.8 Å². The second-order valence-electron chi connectivity index (χ2n) is 12.6. The van der Waals surface area contributed by atoms with Gasteiger partial charge >= 0.3 is 12.1 Å². The van der Waals surface area contributed by atoms with E-state index >= 15 is 0 Å². The number of hydrogen-bond donors (Lipinski definition) is 2. The predicted octanol–water partition coefficient (Wildman–Crippen LogP) is 4.09. The van der Waals surface area contributed by atoms with E-state index in [9.17, 15) is 28.0 Å². The topological polar surface area (TPSA) is 151 Å². The number of fused-ring (bicyclic) bond motifs is 4. The average molecular weight is 663 g/mol. The molecule has 3 aromatic heterocycles. The summed E-state index contributed by atoms with van der Waals surface area (Å²) < 4.78 is 33.5. The molecule has 12 nitrogen and oxygen atoms in total. The van der Waals surface area contributed by atoms with Gasteiger partial charge in [-0.1, -0.05) is 30.3 Å². The monoisotopic (exact) mass is 662 g/mol. The summed E-state index contributed by atoms with van der Waals surface area (Å²) in [5, 5.41) is 22.2. The second-order valence-corrected chi connectivity index (χ2v) is 12.6. The van der Waals surface area contributed by atoms with E-state index in [1.807, 2.05) is 50.9 Å². The lowest BCUT2D eigenvalue weighted by atomic mass is 9.70. The molecule has 3 aliphatic heterocycles. The molecule has 0 saturated carbocycles. The Morgan fingerprint density at radius 1 is 1.08 bits per heavy atom. The molecule has 2 N–H and O–H groups in total. The van der Waals surface area contributed by atoms with E-state index in [0.29, 0.717) is 45.4 Å². The van der Waals surface area contributed by atoms with Gasteiger partial charge in [0.15, 0.2) is 0 Å². The standard InChI is InChI=1S/C31H32N8O2.C2HF3O2/c1-20(40)38-18-30(19-38,9-12-32)39-13-10-31(11-14-39)26-23(37(3)29(31)41)16-33-28-25(26)24(21-7-5-4-6-8-21)27(35-28)22-15-34-36(2)17-22;3-2(4,5)1(6)7/h4-8,15-17H,9-11,13-14,18-19H2,1-3H3,(H,33,35);(H,6,7). The zero-order valence-electron chi connectivity index (χ0n) is 26.5. The number of nitrogens with zero attached hydrogens (tertiary/aromatic N) is 7. The van der Waals surface area contributed by atoms with Crippen molar-refractivity contribution < 1.29 is 32.7 Å². The van der Waals surface area contributed by atoms with Crippen molar-refractivity contribution in [2.24, 2.45) is 7.05 Å². The zero-order valence-corrected chi connectivity index (χ0v) is 26.5. The molecule has 1 spiro atoms. The highest BCUT2D eigenvalue weighted by Gasteiger charge is 2.56. The highest BCUT2D eigenvalue weighted by Crippen LogP contribution is 2.54. The second kappa shape index (κ2) is 11.8.